The molecule has 0 unspecified atom stereocenters. The molecule has 0 heterocycles. The summed E-state index contributed by atoms with van der Waals surface area (Å²) in [5.41, 5.74) is 0. The lowest BCUT2D eigenvalue weighted by Crippen LogP contribution is -2.30. The Morgan fingerprint density at radius 3 is 1.94 bits per heavy atom. The number of hydrogen-bond acceptors (Lipinski definition) is 7. The fraction of sp³-hybridized carbons (Fsp3) is 0.778. The van der Waals surface area contributed by atoms with Crippen LogP contribution >= 0.6 is 0 Å². The zero-order chi connectivity index (χ0) is 14.4. The summed E-state index contributed by atoms with van der Waals surface area (Å²) in [6.45, 7) is 2.74. The van der Waals surface area contributed by atoms with Gasteiger partial charge in [-0.1, -0.05) is 6.08 Å². The van der Waals surface area contributed by atoms with Crippen molar-refractivity contribution < 1.29 is 30.3 Å². The highest BCUT2D eigenvalue weighted by molar-refractivity contribution is 7.86. The second-order valence-electron chi connectivity index (χ2n) is 3.83. The molecule has 0 saturated heterocycles. The van der Waals surface area contributed by atoms with E-state index in [-0.39, 0.29) is 13.0 Å². The molecule has 0 aliphatic heterocycles. The Kier molecular flexibility index (Phi) is 7.00. The zero-order valence-corrected chi connectivity index (χ0v) is 11.9. The summed E-state index contributed by atoms with van der Waals surface area (Å²) in [5.74, 6) is -0.612. The van der Waals surface area contributed by atoms with Gasteiger partial charge in [0.25, 0.3) is 20.2 Å². The Hall–Kier alpha value is -0.480. The third-order valence-electron chi connectivity index (χ3n) is 1.96. The van der Waals surface area contributed by atoms with Crippen LogP contribution in [0.2, 0.25) is 0 Å². The van der Waals surface area contributed by atoms with E-state index >= 15 is 0 Å². The second-order valence-corrected chi connectivity index (χ2v) is 7.12. The van der Waals surface area contributed by atoms with Crippen LogP contribution in [0.3, 0.4) is 0 Å². The lowest BCUT2D eigenvalue weighted by Gasteiger charge is -2.20. The summed E-state index contributed by atoms with van der Waals surface area (Å²) >= 11 is 0. The van der Waals surface area contributed by atoms with Gasteiger partial charge < -0.3 is 5.11 Å². The van der Waals surface area contributed by atoms with Crippen LogP contribution in [-0.2, 0) is 28.6 Å². The normalized spacial score (nSPS) is 16.2. The van der Waals surface area contributed by atoms with Crippen molar-refractivity contribution in [3.8, 4) is 0 Å². The highest BCUT2D eigenvalue weighted by atomic mass is 32.2. The predicted molar refractivity (Wildman–Crippen MR) is 65.9 cm³/mol. The van der Waals surface area contributed by atoms with Gasteiger partial charge in [-0.3, -0.25) is 8.37 Å². The van der Waals surface area contributed by atoms with Crippen molar-refractivity contribution in [2.45, 2.75) is 12.5 Å². The molecule has 0 amide bonds. The van der Waals surface area contributed by atoms with Crippen LogP contribution in [-0.4, -0.2) is 53.8 Å². The zero-order valence-electron chi connectivity index (χ0n) is 10.3. The van der Waals surface area contributed by atoms with Gasteiger partial charge in [0.1, 0.15) is 0 Å². The number of rotatable bonds is 9. The first-order valence-corrected chi connectivity index (χ1v) is 8.66. The van der Waals surface area contributed by atoms with Crippen LogP contribution in [0.4, 0.5) is 0 Å². The molecule has 0 fully saturated rings. The summed E-state index contributed by atoms with van der Waals surface area (Å²) in [6, 6.07) is 0. The molecule has 1 N–H and O–H groups in total. The van der Waals surface area contributed by atoms with E-state index < -0.39 is 38.9 Å². The van der Waals surface area contributed by atoms with Crippen LogP contribution in [0.1, 0.15) is 6.42 Å². The molecule has 9 heteroatoms. The molecule has 0 aromatic rings. The molecule has 0 saturated carbocycles. The topological polar surface area (TPSA) is 107 Å². The van der Waals surface area contributed by atoms with Crippen LogP contribution in [0, 0.1) is 5.92 Å². The fourth-order valence-electron chi connectivity index (χ4n) is 1.09. The van der Waals surface area contributed by atoms with Crippen molar-refractivity contribution in [1.82, 2.24) is 0 Å². The number of allylic oxidation sites excluding steroid dienone is 1. The maximum absolute atomic E-state index is 10.8. The predicted octanol–water partition coefficient (Wildman–Crippen LogP) is -0.508. The van der Waals surface area contributed by atoms with E-state index in [0.717, 1.165) is 12.5 Å². The summed E-state index contributed by atoms with van der Waals surface area (Å²) < 4.78 is 52.1. The molecule has 2 atom stereocenters. The van der Waals surface area contributed by atoms with Gasteiger partial charge in [-0.2, -0.15) is 16.8 Å². The molecule has 0 aromatic carbocycles. The smallest absolute Gasteiger partial charge is 0.264 e. The average molecular weight is 302 g/mol. The van der Waals surface area contributed by atoms with Gasteiger partial charge in [0, 0.05) is 5.92 Å². The molecule has 0 bridgehead atoms. The largest absolute Gasteiger partial charge is 0.390 e. The van der Waals surface area contributed by atoms with E-state index in [0.29, 0.717) is 0 Å². The first-order valence-electron chi connectivity index (χ1n) is 5.03. The SMILES string of the molecule is C=CC[C@@H](COS(C)(=O)=O)[C@@H](O)COS(C)(=O)=O. The molecule has 0 radical (unpaired) electrons. The van der Waals surface area contributed by atoms with Crippen molar-refractivity contribution in [2.24, 2.45) is 5.92 Å². The third kappa shape index (κ3) is 9.54. The maximum atomic E-state index is 10.8. The minimum absolute atomic E-state index is 0.265. The summed E-state index contributed by atoms with van der Waals surface area (Å²) in [4.78, 5) is 0. The van der Waals surface area contributed by atoms with Crippen LogP contribution in [0.5, 0.6) is 0 Å². The van der Waals surface area contributed by atoms with Crippen molar-refractivity contribution in [2.75, 3.05) is 25.7 Å². The fourth-order valence-corrected chi connectivity index (χ4v) is 1.90. The monoisotopic (exact) mass is 302 g/mol. The van der Waals surface area contributed by atoms with E-state index in [1.807, 2.05) is 0 Å². The Morgan fingerprint density at radius 2 is 1.56 bits per heavy atom. The quantitative estimate of drug-likeness (QED) is 0.451. The second kappa shape index (κ2) is 7.19. The van der Waals surface area contributed by atoms with Gasteiger partial charge in [-0.05, 0) is 6.42 Å². The maximum Gasteiger partial charge on any atom is 0.264 e. The van der Waals surface area contributed by atoms with E-state index in [4.69, 9.17) is 0 Å². The minimum Gasteiger partial charge on any atom is -0.390 e. The van der Waals surface area contributed by atoms with Gasteiger partial charge in [0.05, 0.1) is 31.8 Å². The molecular formula is C9H18O7S2. The van der Waals surface area contributed by atoms with Crippen molar-refractivity contribution in [1.29, 1.82) is 0 Å². The highest BCUT2D eigenvalue weighted by Crippen LogP contribution is 2.13. The number of aliphatic hydroxyl groups excluding tert-OH is 1. The van der Waals surface area contributed by atoms with Gasteiger partial charge in [0.2, 0.25) is 0 Å². The molecule has 18 heavy (non-hydrogen) atoms. The first kappa shape index (κ1) is 17.5. The average Bonchev–Trinajstić information content (AvgIpc) is 2.18. The van der Waals surface area contributed by atoms with E-state index in [9.17, 15) is 21.9 Å². The first-order chi connectivity index (χ1) is 8.05. The standard InChI is InChI=1S/C9H18O7S2/c1-4-5-8(6-15-17(2,11)12)9(10)7-16-18(3,13)14/h4,8-10H,1,5-7H2,2-3H3/t8-,9-/m0/s1. The van der Waals surface area contributed by atoms with Crippen LogP contribution < -0.4 is 0 Å². The van der Waals surface area contributed by atoms with E-state index in [2.05, 4.69) is 14.9 Å². The molecular weight excluding hydrogens is 284 g/mol. The molecule has 108 valence electrons. The van der Waals surface area contributed by atoms with Crippen molar-refractivity contribution >= 4 is 20.2 Å². The summed E-state index contributed by atoms with van der Waals surface area (Å²) in [5, 5.41) is 9.69. The van der Waals surface area contributed by atoms with Gasteiger partial charge in [0.15, 0.2) is 0 Å². The highest BCUT2D eigenvalue weighted by Gasteiger charge is 2.22. The Morgan fingerprint density at radius 1 is 1.11 bits per heavy atom. The molecule has 0 aliphatic carbocycles. The van der Waals surface area contributed by atoms with Gasteiger partial charge in [-0.15, -0.1) is 6.58 Å². The molecule has 0 aromatic heterocycles. The minimum atomic E-state index is -3.66. The van der Waals surface area contributed by atoms with Crippen molar-refractivity contribution in [3.63, 3.8) is 0 Å². The molecule has 0 aliphatic rings. The summed E-state index contributed by atoms with van der Waals surface area (Å²) in [7, 11) is -7.27. The Labute approximate surface area is 108 Å². The lowest BCUT2D eigenvalue weighted by molar-refractivity contribution is 0.0404. The molecule has 0 spiro atoms. The van der Waals surface area contributed by atoms with Gasteiger partial charge in [-0.25, -0.2) is 0 Å². The van der Waals surface area contributed by atoms with Gasteiger partial charge >= 0.3 is 0 Å². The lowest BCUT2D eigenvalue weighted by atomic mass is 10.0. The Balaban J connectivity index is 4.44. The van der Waals surface area contributed by atoms with E-state index in [1.165, 1.54) is 6.08 Å². The van der Waals surface area contributed by atoms with E-state index in [1.54, 1.807) is 0 Å². The Bertz CT molecular complexity index is 451. The molecule has 0 rings (SSSR count). The third-order valence-corrected chi connectivity index (χ3v) is 3.09. The van der Waals surface area contributed by atoms with Crippen LogP contribution in [0.25, 0.3) is 0 Å². The number of aliphatic hydroxyl groups is 1. The van der Waals surface area contributed by atoms with Crippen LogP contribution in [0.15, 0.2) is 12.7 Å². The number of hydrogen-bond donors (Lipinski definition) is 1. The molecule has 7 nitrogen and oxygen atoms in total. The summed E-state index contributed by atoms with van der Waals surface area (Å²) in [6.07, 6.45) is 2.32. The van der Waals surface area contributed by atoms with Crippen molar-refractivity contribution in [3.05, 3.63) is 12.7 Å².